The summed E-state index contributed by atoms with van der Waals surface area (Å²) in [6, 6.07) is 6.60. The largest absolute Gasteiger partial charge is 0.491 e. The molecule has 1 rings (SSSR count). The highest BCUT2D eigenvalue weighted by molar-refractivity contribution is 6.01. The van der Waals surface area contributed by atoms with Crippen LogP contribution in [0, 0.1) is 0 Å². The Labute approximate surface area is 133 Å². The number of aliphatic hydroxyl groups excluding tert-OH is 2. The van der Waals surface area contributed by atoms with Crippen LogP contribution in [0.4, 0.5) is 5.69 Å². The molecule has 8 nitrogen and oxygen atoms in total. The molecule has 0 aliphatic carbocycles. The molecule has 0 aliphatic rings. The second kappa shape index (κ2) is 10.2. The van der Waals surface area contributed by atoms with Crippen molar-refractivity contribution in [3.05, 3.63) is 36.0 Å². The maximum atomic E-state index is 12.0. The maximum Gasteiger partial charge on any atom is 0.332 e. The van der Waals surface area contributed by atoms with E-state index in [0.29, 0.717) is 11.4 Å². The van der Waals surface area contributed by atoms with Gasteiger partial charge in [-0.2, -0.15) is 0 Å². The number of hydrogen-bond donors (Lipinski definition) is 4. The van der Waals surface area contributed by atoms with Crippen LogP contribution in [0.25, 0.3) is 0 Å². The second-order valence-corrected chi connectivity index (χ2v) is 4.28. The maximum absolute atomic E-state index is 12.0. The van der Waals surface area contributed by atoms with Crippen LogP contribution in [0.15, 0.2) is 36.0 Å². The van der Waals surface area contributed by atoms with E-state index in [4.69, 9.17) is 14.9 Å². The number of anilines is 1. The fourth-order valence-electron chi connectivity index (χ4n) is 1.55. The first-order valence-corrected chi connectivity index (χ1v) is 6.90. The van der Waals surface area contributed by atoms with Gasteiger partial charge in [0, 0.05) is 12.2 Å². The number of esters is 1. The minimum absolute atomic E-state index is 0.0191. The van der Waals surface area contributed by atoms with E-state index < -0.39 is 11.9 Å². The van der Waals surface area contributed by atoms with Crippen molar-refractivity contribution in [1.82, 2.24) is 5.32 Å². The van der Waals surface area contributed by atoms with E-state index >= 15 is 0 Å². The molecule has 0 saturated carbocycles. The molecule has 0 fully saturated rings. The van der Waals surface area contributed by atoms with Crippen LogP contribution in [-0.4, -0.2) is 55.6 Å². The van der Waals surface area contributed by atoms with Crippen LogP contribution < -0.4 is 15.4 Å². The molecule has 8 heteroatoms. The topological polar surface area (TPSA) is 117 Å². The summed E-state index contributed by atoms with van der Waals surface area (Å²) < 4.78 is 9.73. The molecular formula is C15H20N2O6. The first-order valence-electron chi connectivity index (χ1n) is 6.90. The number of hydrogen-bond acceptors (Lipinski definition) is 7. The van der Waals surface area contributed by atoms with E-state index in [0.717, 1.165) is 6.08 Å². The van der Waals surface area contributed by atoms with Gasteiger partial charge in [-0.25, -0.2) is 4.79 Å². The van der Waals surface area contributed by atoms with Gasteiger partial charge in [0.15, 0.2) is 0 Å². The molecule has 1 amide bonds. The number of carbonyl (C=O) groups excluding carboxylic acids is 2. The summed E-state index contributed by atoms with van der Waals surface area (Å²) in [5.74, 6) is -0.674. The lowest BCUT2D eigenvalue weighted by molar-refractivity contribution is -0.135. The third kappa shape index (κ3) is 6.81. The zero-order valence-corrected chi connectivity index (χ0v) is 12.7. The summed E-state index contributed by atoms with van der Waals surface area (Å²) in [5.41, 5.74) is 0.532. The smallest absolute Gasteiger partial charge is 0.332 e. The molecule has 4 N–H and O–H groups in total. The van der Waals surface area contributed by atoms with Crippen molar-refractivity contribution in [2.75, 3.05) is 38.8 Å². The molecule has 126 valence electrons. The highest BCUT2D eigenvalue weighted by Crippen LogP contribution is 2.17. The number of methoxy groups -OCH3 is 1. The van der Waals surface area contributed by atoms with Gasteiger partial charge in [-0.15, -0.1) is 0 Å². The van der Waals surface area contributed by atoms with E-state index in [-0.39, 0.29) is 32.1 Å². The van der Waals surface area contributed by atoms with Gasteiger partial charge >= 0.3 is 5.97 Å². The van der Waals surface area contributed by atoms with E-state index in [1.165, 1.54) is 7.11 Å². The predicted octanol–water partition coefficient (Wildman–Crippen LogP) is -0.365. The average Bonchev–Trinajstić information content (AvgIpc) is 2.58. The zero-order valence-electron chi connectivity index (χ0n) is 12.7. The third-order valence-electron chi connectivity index (χ3n) is 2.60. The van der Waals surface area contributed by atoms with Gasteiger partial charge in [-0.3, -0.25) is 4.79 Å². The van der Waals surface area contributed by atoms with E-state index in [1.807, 2.05) is 0 Å². The summed E-state index contributed by atoms with van der Waals surface area (Å²) in [6.45, 7) is -0.0536. The van der Waals surface area contributed by atoms with Crippen molar-refractivity contribution < 1.29 is 29.3 Å². The number of ether oxygens (including phenoxy) is 2. The SMILES string of the molecule is COC(=O)C=C(Nc1ccc(OCCO)cc1)C(=O)NCCO. The summed E-state index contributed by atoms with van der Waals surface area (Å²) in [4.78, 5) is 23.3. The van der Waals surface area contributed by atoms with Crippen molar-refractivity contribution in [2.45, 2.75) is 0 Å². The molecule has 0 aliphatic heterocycles. The van der Waals surface area contributed by atoms with Gasteiger partial charge in [0.25, 0.3) is 5.91 Å². The normalized spacial score (nSPS) is 10.8. The number of aliphatic hydroxyl groups is 2. The molecule has 0 radical (unpaired) electrons. The standard InChI is InChI=1S/C15H20N2O6/c1-22-14(20)10-13(15(21)16-6-7-18)17-11-2-4-12(5-3-11)23-9-8-19/h2-5,10,17-19H,6-9H2,1H3,(H,16,21). The quantitative estimate of drug-likeness (QED) is 0.362. The Kier molecular flexibility index (Phi) is 8.19. The van der Waals surface area contributed by atoms with Crippen molar-refractivity contribution in [3.63, 3.8) is 0 Å². The highest BCUT2D eigenvalue weighted by Gasteiger charge is 2.12. The second-order valence-electron chi connectivity index (χ2n) is 4.28. The monoisotopic (exact) mass is 324 g/mol. The molecule has 0 bridgehead atoms. The van der Waals surface area contributed by atoms with Crippen LogP contribution in [0.2, 0.25) is 0 Å². The first-order chi connectivity index (χ1) is 11.1. The summed E-state index contributed by atoms with van der Waals surface area (Å²) >= 11 is 0. The van der Waals surface area contributed by atoms with Crippen LogP contribution in [0.5, 0.6) is 5.75 Å². The van der Waals surface area contributed by atoms with Gasteiger partial charge in [0.05, 0.1) is 26.4 Å². The van der Waals surface area contributed by atoms with Gasteiger partial charge in [-0.1, -0.05) is 0 Å². The molecule has 0 spiro atoms. The lowest BCUT2D eigenvalue weighted by atomic mass is 10.2. The number of benzene rings is 1. The molecule has 1 aromatic rings. The Morgan fingerprint density at radius 2 is 1.87 bits per heavy atom. The summed E-state index contributed by atoms with van der Waals surface area (Å²) in [5, 5.41) is 22.7. The Balaban J connectivity index is 2.81. The molecular weight excluding hydrogens is 304 g/mol. The Morgan fingerprint density at radius 1 is 1.17 bits per heavy atom. The molecule has 23 heavy (non-hydrogen) atoms. The van der Waals surface area contributed by atoms with Crippen molar-refractivity contribution in [3.8, 4) is 5.75 Å². The van der Waals surface area contributed by atoms with E-state index in [9.17, 15) is 9.59 Å². The van der Waals surface area contributed by atoms with Crippen molar-refractivity contribution >= 4 is 17.6 Å². The van der Waals surface area contributed by atoms with Crippen LogP contribution in [-0.2, 0) is 14.3 Å². The number of carbonyl (C=O) groups is 2. The van der Waals surface area contributed by atoms with Gasteiger partial charge in [0.1, 0.15) is 18.1 Å². The van der Waals surface area contributed by atoms with Crippen molar-refractivity contribution in [2.24, 2.45) is 0 Å². The van der Waals surface area contributed by atoms with Gasteiger partial charge < -0.3 is 30.3 Å². The zero-order chi connectivity index (χ0) is 17.1. The summed E-state index contributed by atoms with van der Waals surface area (Å²) in [7, 11) is 1.20. The fourth-order valence-corrected chi connectivity index (χ4v) is 1.55. The lowest BCUT2D eigenvalue weighted by Crippen LogP contribution is -2.31. The van der Waals surface area contributed by atoms with Crippen LogP contribution >= 0.6 is 0 Å². The number of rotatable bonds is 9. The van der Waals surface area contributed by atoms with Crippen LogP contribution in [0.3, 0.4) is 0 Å². The minimum atomic E-state index is -0.686. The Bertz CT molecular complexity index is 541. The number of amides is 1. The molecule has 0 heterocycles. The molecule has 0 atom stereocenters. The third-order valence-corrected chi connectivity index (χ3v) is 2.60. The first kappa shape index (κ1) is 18.5. The summed E-state index contributed by atoms with van der Waals surface area (Å²) in [6.07, 6.45) is 1.02. The fraction of sp³-hybridized carbons (Fsp3) is 0.333. The average molecular weight is 324 g/mol. The minimum Gasteiger partial charge on any atom is -0.491 e. The van der Waals surface area contributed by atoms with E-state index in [2.05, 4.69) is 15.4 Å². The molecule has 0 aromatic heterocycles. The predicted molar refractivity (Wildman–Crippen MR) is 82.8 cm³/mol. The van der Waals surface area contributed by atoms with Crippen molar-refractivity contribution in [1.29, 1.82) is 0 Å². The number of nitrogens with one attached hydrogen (secondary N) is 2. The Hall–Kier alpha value is -2.58. The molecule has 1 aromatic carbocycles. The Morgan fingerprint density at radius 3 is 2.43 bits per heavy atom. The van der Waals surface area contributed by atoms with Gasteiger partial charge in [0.2, 0.25) is 0 Å². The van der Waals surface area contributed by atoms with E-state index in [1.54, 1.807) is 24.3 Å². The highest BCUT2D eigenvalue weighted by atomic mass is 16.5. The molecule has 0 unspecified atom stereocenters. The molecule has 0 saturated heterocycles. The van der Waals surface area contributed by atoms with Crippen LogP contribution in [0.1, 0.15) is 0 Å². The van der Waals surface area contributed by atoms with Gasteiger partial charge in [-0.05, 0) is 24.3 Å². The lowest BCUT2D eigenvalue weighted by Gasteiger charge is -2.12.